The fourth-order valence-electron chi connectivity index (χ4n) is 7.18. The number of rotatable bonds is 38. The number of hydrogen-bond acceptors (Lipinski definition) is 4. The van der Waals surface area contributed by atoms with Crippen molar-refractivity contribution in [3.63, 3.8) is 0 Å². The summed E-state index contributed by atoms with van der Waals surface area (Å²) in [6.07, 6.45) is 43.0. The van der Waals surface area contributed by atoms with E-state index in [1.807, 2.05) is 0 Å². The van der Waals surface area contributed by atoms with Gasteiger partial charge in [-0.1, -0.05) is 227 Å². The van der Waals surface area contributed by atoms with E-state index in [2.05, 4.69) is 13.8 Å². The van der Waals surface area contributed by atoms with E-state index in [0.717, 1.165) is 25.7 Å². The lowest BCUT2D eigenvalue weighted by Gasteiger charge is -2.44. The molecule has 46 heavy (non-hydrogen) atoms. The van der Waals surface area contributed by atoms with Crippen LogP contribution in [0.4, 0.5) is 0 Å². The maximum Gasteiger partial charge on any atom is 0.0770 e. The first-order chi connectivity index (χ1) is 22.1. The van der Waals surface area contributed by atoms with Gasteiger partial charge in [0.05, 0.1) is 30.8 Å². The van der Waals surface area contributed by atoms with Crippen LogP contribution in [0.3, 0.4) is 0 Å². The molecule has 0 aromatic rings. The zero-order chi connectivity index (χ0) is 33.2. The Hall–Kier alpha value is -0.160. The standard InChI is InChI=1S/C41H84O4.CH4/c1-3-5-7-9-11-13-15-17-19-21-23-25-27-29-31-33-35-41(45,40(37-42,38-43)39-44)36-34-32-30-28-26-24-22-20-18-16-14-12-10-8-6-4-2;/h42-45H,3-39H2,1-2H3;1H4. The van der Waals surface area contributed by atoms with Gasteiger partial charge < -0.3 is 20.4 Å². The summed E-state index contributed by atoms with van der Waals surface area (Å²) in [5.74, 6) is 0. The molecule has 0 atom stereocenters. The second-order valence-corrected chi connectivity index (χ2v) is 14.9. The van der Waals surface area contributed by atoms with Crippen LogP contribution in [0.15, 0.2) is 0 Å². The summed E-state index contributed by atoms with van der Waals surface area (Å²) in [6.45, 7) is 3.42. The SMILES string of the molecule is C.CCCCCCCCCCCCCCCCCCC(O)(CCCCCCCCCCCCCCCCCC)C(CO)(CO)CO. The van der Waals surface area contributed by atoms with E-state index < -0.39 is 11.0 Å². The van der Waals surface area contributed by atoms with Gasteiger partial charge >= 0.3 is 0 Å². The van der Waals surface area contributed by atoms with Crippen LogP contribution >= 0.6 is 0 Å². The molecule has 0 saturated carbocycles. The van der Waals surface area contributed by atoms with E-state index >= 15 is 0 Å². The fourth-order valence-corrected chi connectivity index (χ4v) is 7.18. The van der Waals surface area contributed by atoms with Crippen LogP contribution in [0.2, 0.25) is 0 Å². The van der Waals surface area contributed by atoms with Gasteiger partial charge in [-0.05, 0) is 12.8 Å². The molecule has 0 spiro atoms. The van der Waals surface area contributed by atoms with Crippen molar-refractivity contribution >= 4 is 0 Å². The number of aliphatic hydroxyl groups is 4. The van der Waals surface area contributed by atoms with Gasteiger partial charge in [0.25, 0.3) is 0 Å². The van der Waals surface area contributed by atoms with Crippen LogP contribution in [0.1, 0.15) is 240 Å². The van der Waals surface area contributed by atoms with Gasteiger partial charge in [-0.25, -0.2) is 0 Å². The molecule has 0 aliphatic carbocycles. The summed E-state index contributed by atoms with van der Waals surface area (Å²) < 4.78 is 0. The molecule has 0 saturated heterocycles. The van der Waals surface area contributed by atoms with E-state index in [-0.39, 0.29) is 27.2 Å². The van der Waals surface area contributed by atoms with Crippen molar-refractivity contribution in [2.45, 2.75) is 245 Å². The van der Waals surface area contributed by atoms with Gasteiger partial charge in [-0.15, -0.1) is 0 Å². The maximum absolute atomic E-state index is 11.7. The maximum atomic E-state index is 11.7. The molecule has 4 nitrogen and oxygen atoms in total. The zero-order valence-corrected chi connectivity index (χ0v) is 31.0. The number of aliphatic hydroxyl groups excluding tert-OH is 3. The van der Waals surface area contributed by atoms with Gasteiger partial charge in [-0.2, -0.15) is 0 Å². The van der Waals surface area contributed by atoms with Crippen LogP contribution in [0.5, 0.6) is 0 Å². The molecule has 4 N–H and O–H groups in total. The average molecular weight is 657 g/mol. The van der Waals surface area contributed by atoms with Crippen molar-refractivity contribution in [3.05, 3.63) is 0 Å². The Balaban J connectivity index is 0. The van der Waals surface area contributed by atoms with E-state index in [0.29, 0.717) is 12.8 Å². The average Bonchev–Trinajstić information content (AvgIpc) is 3.05. The van der Waals surface area contributed by atoms with Gasteiger partial charge in [0.2, 0.25) is 0 Å². The monoisotopic (exact) mass is 657 g/mol. The molecule has 0 aliphatic heterocycles. The number of unbranched alkanes of at least 4 members (excludes halogenated alkanes) is 30. The third kappa shape index (κ3) is 25.8. The third-order valence-corrected chi connectivity index (χ3v) is 10.8. The molecule has 0 unspecified atom stereocenters. The normalized spacial score (nSPS) is 12.1. The molecule has 0 aromatic heterocycles. The van der Waals surface area contributed by atoms with Crippen LogP contribution in [-0.4, -0.2) is 45.8 Å². The molecule has 0 bridgehead atoms. The van der Waals surface area contributed by atoms with Crippen molar-refractivity contribution in [1.82, 2.24) is 0 Å². The minimum absolute atomic E-state index is 0. The first-order valence-corrected chi connectivity index (χ1v) is 20.6. The smallest absolute Gasteiger partial charge is 0.0770 e. The van der Waals surface area contributed by atoms with E-state index in [1.54, 1.807) is 0 Å². The molecule has 4 heteroatoms. The molecular weight excluding hydrogens is 568 g/mol. The van der Waals surface area contributed by atoms with Gasteiger partial charge in [-0.3, -0.25) is 0 Å². The van der Waals surface area contributed by atoms with Crippen molar-refractivity contribution in [2.75, 3.05) is 19.8 Å². The summed E-state index contributed by atoms with van der Waals surface area (Å²) in [5.41, 5.74) is -2.44. The Morgan fingerprint density at radius 2 is 0.478 bits per heavy atom. The molecule has 0 rings (SSSR count). The molecule has 280 valence electrons. The Labute approximate surface area is 290 Å². The van der Waals surface area contributed by atoms with Crippen LogP contribution in [-0.2, 0) is 0 Å². The highest BCUT2D eigenvalue weighted by Gasteiger charge is 2.48. The predicted molar refractivity (Wildman–Crippen MR) is 204 cm³/mol. The van der Waals surface area contributed by atoms with Gasteiger partial charge in [0.1, 0.15) is 0 Å². The highest BCUT2D eigenvalue weighted by Crippen LogP contribution is 2.39. The Bertz CT molecular complexity index is 518. The second kappa shape index (κ2) is 36.1. The lowest BCUT2D eigenvalue weighted by Crippen LogP contribution is -2.55. The lowest BCUT2D eigenvalue weighted by atomic mass is 9.68. The van der Waals surface area contributed by atoms with Crippen molar-refractivity contribution in [1.29, 1.82) is 0 Å². The molecule has 0 aromatic carbocycles. The Morgan fingerprint density at radius 3 is 0.652 bits per heavy atom. The predicted octanol–water partition coefficient (Wildman–Crippen LogP) is 12.6. The summed E-state index contributed by atoms with van der Waals surface area (Å²) in [6, 6.07) is 0. The largest absolute Gasteiger partial charge is 0.395 e. The van der Waals surface area contributed by atoms with Gasteiger partial charge in [0, 0.05) is 0 Å². The highest BCUT2D eigenvalue weighted by atomic mass is 16.3. The Morgan fingerprint density at radius 1 is 0.304 bits per heavy atom. The quantitative estimate of drug-likeness (QED) is 0.0498. The van der Waals surface area contributed by atoms with Gasteiger partial charge in [0.15, 0.2) is 0 Å². The minimum atomic E-state index is -1.22. The minimum Gasteiger partial charge on any atom is -0.395 e. The van der Waals surface area contributed by atoms with E-state index in [1.165, 1.54) is 180 Å². The summed E-state index contributed by atoms with van der Waals surface area (Å²) in [4.78, 5) is 0. The number of hydrogen-bond donors (Lipinski definition) is 4. The molecule has 0 fully saturated rings. The van der Waals surface area contributed by atoms with E-state index in [4.69, 9.17) is 0 Å². The van der Waals surface area contributed by atoms with Crippen molar-refractivity contribution in [2.24, 2.45) is 5.41 Å². The van der Waals surface area contributed by atoms with Crippen LogP contribution < -0.4 is 0 Å². The zero-order valence-electron chi connectivity index (χ0n) is 31.0. The van der Waals surface area contributed by atoms with E-state index in [9.17, 15) is 20.4 Å². The van der Waals surface area contributed by atoms with Crippen molar-refractivity contribution < 1.29 is 20.4 Å². The van der Waals surface area contributed by atoms with Crippen LogP contribution in [0, 0.1) is 5.41 Å². The van der Waals surface area contributed by atoms with Crippen LogP contribution in [0.25, 0.3) is 0 Å². The van der Waals surface area contributed by atoms with Crippen molar-refractivity contribution in [3.8, 4) is 0 Å². The summed E-state index contributed by atoms with van der Waals surface area (Å²) in [7, 11) is 0. The second-order valence-electron chi connectivity index (χ2n) is 14.9. The summed E-state index contributed by atoms with van der Waals surface area (Å²) in [5, 5.41) is 42.0. The Kier molecular flexibility index (Phi) is 37.7. The molecule has 0 aliphatic rings. The summed E-state index contributed by atoms with van der Waals surface area (Å²) >= 11 is 0. The molecule has 0 heterocycles. The highest BCUT2D eigenvalue weighted by molar-refractivity contribution is 4.98. The first-order valence-electron chi connectivity index (χ1n) is 20.6. The molecule has 0 amide bonds. The molecule has 0 radical (unpaired) electrons. The first kappa shape index (κ1) is 48.0. The lowest BCUT2D eigenvalue weighted by molar-refractivity contribution is -0.162. The molecular formula is C42H88O4. The topological polar surface area (TPSA) is 80.9 Å². The third-order valence-electron chi connectivity index (χ3n) is 10.8. The fraction of sp³-hybridized carbons (Fsp3) is 1.00.